The lowest BCUT2D eigenvalue weighted by Gasteiger charge is -2.13. The Balaban J connectivity index is 1.84. The highest BCUT2D eigenvalue weighted by atomic mass is 32.2. The molecule has 156 valence electrons. The zero-order valence-corrected chi connectivity index (χ0v) is 17.3. The fourth-order valence-corrected chi connectivity index (χ4v) is 4.03. The summed E-state index contributed by atoms with van der Waals surface area (Å²) in [6, 6.07) is 17.0. The van der Waals surface area contributed by atoms with Crippen LogP contribution in [0.15, 0.2) is 71.6 Å². The minimum Gasteiger partial charge on any atom is -0.495 e. The molecule has 0 fully saturated rings. The lowest BCUT2D eigenvalue weighted by atomic mass is 10.2. The molecule has 0 aromatic heterocycles. The first-order chi connectivity index (χ1) is 14.3. The Morgan fingerprint density at radius 2 is 1.73 bits per heavy atom. The second-order valence-electron chi connectivity index (χ2n) is 6.61. The van der Waals surface area contributed by atoms with E-state index in [2.05, 4.69) is 10.0 Å². The van der Waals surface area contributed by atoms with Crippen molar-refractivity contribution in [1.82, 2.24) is 5.32 Å². The van der Waals surface area contributed by atoms with Crippen molar-refractivity contribution in [3.8, 4) is 5.75 Å². The van der Waals surface area contributed by atoms with E-state index in [1.54, 1.807) is 42.5 Å². The van der Waals surface area contributed by atoms with Crippen LogP contribution in [0.1, 0.15) is 21.5 Å². The average molecular weight is 428 g/mol. The molecule has 3 rings (SSSR count). The van der Waals surface area contributed by atoms with Crippen molar-refractivity contribution >= 4 is 21.6 Å². The number of carbonyl (C=O) groups excluding carboxylic acids is 1. The maximum atomic E-state index is 13.7. The summed E-state index contributed by atoms with van der Waals surface area (Å²) in [6.07, 6.45) is 0. The summed E-state index contributed by atoms with van der Waals surface area (Å²) < 4.78 is 47.2. The van der Waals surface area contributed by atoms with E-state index in [1.165, 1.54) is 31.4 Å². The summed E-state index contributed by atoms with van der Waals surface area (Å²) in [4.78, 5) is 12.3. The van der Waals surface area contributed by atoms with Gasteiger partial charge in [-0.15, -0.1) is 0 Å². The van der Waals surface area contributed by atoms with Crippen LogP contribution in [-0.2, 0) is 16.6 Å². The van der Waals surface area contributed by atoms with Crippen LogP contribution in [0, 0.1) is 12.7 Å². The van der Waals surface area contributed by atoms with Crippen LogP contribution in [-0.4, -0.2) is 21.4 Å². The number of aryl methyl sites for hydroxylation is 1. The van der Waals surface area contributed by atoms with E-state index in [1.807, 2.05) is 6.92 Å². The lowest BCUT2D eigenvalue weighted by molar-refractivity contribution is 0.0950. The summed E-state index contributed by atoms with van der Waals surface area (Å²) in [7, 11) is -2.67. The highest BCUT2D eigenvalue weighted by Gasteiger charge is 2.22. The molecule has 3 aromatic rings. The average Bonchev–Trinajstić information content (AvgIpc) is 2.74. The molecule has 0 saturated carbocycles. The lowest BCUT2D eigenvalue weighted by Crippen LogP contribution is -2.24. The third-order valence-corrected chi connectivity index (χ3v) is 5.82. The largest absolute Gasteiger partial charge is 0.495 e. The van der Waals surface area contributed by atoms with Gasteiger partial charge in [0.15, 0.2) is 0 Å². The quantitative estimate of drug-likeness (QED) is 0.598. The van der Waals surface area contributed by atoms with Gasteiger partial charge in [-0.2, -0.15) is 0 Å². The maximum Gasteiger partial charge on any atom is 0.265 e. The third-order valence-electron chi connectivity index (χ3n) is 4.42. The first kappa shape index (κ1) is 21.3. The minimum atomic E-state index is -4.01. The Morgan fingerprint density at radius 1 is 1.03 bits per heavy atom. The standard InChI is InChI=1S/C22H21FN2O4S/c1-15-7-10-18(11-8-15)25-30(27,28)21-13-16(9-12-20(21)29-2)22(26)24-14-17-5-3-4-6-19(17)23/h3-13,25H,14H2,1-2H3,(H,24,26). The van der Waals surface area contributed by atoms with Gasteiger partial charge in [-0.25, -0.2) is 12.8 Å². The van der Waals surface area contributed by atoms with Crippen molar-refractivity contribution < 1.29 is 22.3 Å². The monoisotopic (exact) mass is 428 g/mol. The number of ether oxygens (including phenoxy) is 1. The number of methoxy groups -OCH3 is 1. The van der Waals surface area contributed by atoms with Crippen molar-refractivity contribution in [2.45, 2.75) is 18.4 Å². The SMILES string of the molecule is COc1ccc(C(=O)NCc2ccccc2F)cc1S(=O)(=O)Nc1ccc(C)cc1. The second kappa shape index (κ2) is 8.96. The van der Waals surface area contributed by atoms with E-state index < -0.39 is 21.7 Å². The normalized spacial score (nSPS) is 11.0. The number of amides is 1. The van der Waals surface area contributed by atoms with Crippen LogP contribution in [0.4, 0.5) is 10.1 Å². The van der Waals surface area contributed by atoms with Gasteiger partial charge >= 0.3 is 0 Å². The molecule has 2 N–H and O–H groups in total. The Labute approximate surface area is 174 Å². The smallest absolute Gasteiger partial charge is 0.265 e. The van der Waals surface area contributed by atoms with E-state index >= 15 is 0 Å². The summed E-state index contributed by atoms with van der Waals surface area (Å²) in [5.41, 5.74) is 1.81. The van der Waals surface area contributed by atoms with Gasteiger partial charge in [0.1, 0.15) is 16.5 Å². The molecule has 30 heavy (non-hydrogen) atoms. The van der Waals surface area contributed by atoms with E-state index in [9.17, 15) is 17.6 Å². The molecular formula is C22H21FN2O4S. The predicted octanol–water partition coefficient (Wildman–Crippen LogP) is 3.87. The van der Waals surface area contributed by atoms with Crippen molar-refractivity contribution in [3.63, 3.8) is 0 Å². The molecule has 6 nitrogen and oxygen atoms in total. The summed E-state index contributed by atoms with van der Waals surface area (Å²) >= 11 is 0. The molecule has 0 unspecified atom stereocenters. The molecule has 0 bridgehead atoms. The molecule has 0 aliphatic heterocycles. The molecule has 0 saturated heterocycles. The number of anilines is 1. The molecule has 8 heteroatoms. The van der Waals surface area contributed by atoms with Gasteiger partial charge < -0.3 is 10.1 Å². The van der Waals surface area contributed by atoms with Gasteiger partial charge in [-0.3, -0.25) is 9.52 Å². The topological polar surface area (TPSA) is 84.5 Å². The van der Waals surface area contributed by atoms with Gasteiger partial charge in [0.2, 0.25) is 0 Å². The van der Waals surface area contributed by atoms with Gasteiger partial charge in [-0.1, -0.05) is 35.9 Å². The summed E-state index contributed by atoms with van der Waals surface area (Å²) in [5.74, 6) is -0.869. The van der Waals surface area contributed by atoms with Crippen LogP contribution in [0.5, 0.6) is 5.75 Å². The van der Waals surface area contributed by atoms with Crippen molar-refractivity contribution in [2.24, 2.45) is 0 Å². The maximum absolute atomic E-state index is 13.7. The molecule has 0 aliphatic rings. The molecule has 0 atom stereocenters. The Bertz CT molecular complexity index is 1160. The highest BCUT2D eigenvalue weighted by molar-refractivity contribution is 7.92. The number of sulfonamides is 1. The van der Waals surface area contributed by atoms with Gasteiger partial charge in [-0.05, 0) is 43.3 Å². The molecule has 0 spiro atoms. The molecule has 0 radical (unpaired) electrons. The summed E-state index contributed by atoms with van der Waals surface area (Å²) in [5, 5.41) is 2.59. The first-order valence-electron chi connectivity index (χ1n) is 9.09. The van der Waals surface area contributed by atoms with E-state index in [-0.39, 0.29) is 22.8 Å². The van der Waals surface area contributed by atoms with Crippen LogP contribution in [0.2, 0.25) is 0 Å². The Morgan fingerprint density at radius 3 is 2.40 bits per heavy atom. The Hall–Kier alpha value is -3.39. The van der Waals surface area contributed by atoms with Gasteiger partial charge in [0.05, 0.1) is 7.11 Å². The minimum absolute atomic E-state index is 0.0266. The number of rotatable bonds is 7. The predicted molar refractivity (Wildman–Crippen MR) is 113 cm³/mol. The van der Waals surface area contributed by atoms with Gasteiger partial charge in [0.25, 0.3) is 15.9 Å². The number of halogens is 1. The number of hydrogen-bond donors (Lipinski definition) is 2. The van der Waals surface area contributed by atoms with Crippen molar-refractivity contribution in [1.29, 1.82) is 0 Å². The highest BCUT2D eigenvalue weighted by Crippen LogP contribution is 2.27. The molecule has 1 amide bonds. The second-order valence-corrected chi connectivity index (χ2v) is 8.26. The third kappa shape index (κ3) is 4.96. The van der Waals surface area contributed by atoms with Crippen LogP contribution in [0.25, 0.3) is 0 Å². The van der Waals surface area contributed by atoms with Crippen molar-refractivity contribution in [3.05, 3.63) is 89.2 Å². The van der Waals surface area contributed by atoms with Crippen LogP contribution < -0.4 is 14.8 Å². The fourth-order valence-electron chi connectivity index (χ4n) is 2.78. The number of benzene rings is 3. The Kier molecular flexibility index (Phi) is 6.37. The van der Waals surface area contributed by atoms with Crippen LogP contribution >= 0.6 is 0 Å². The first-order valence-corrected chi connectivity index (χ1v) is 10.6. The molecule has 0 heterocycles. The van der Waals surface area contributed by atoms with E-state index in [4.69, 9.17) is 4.74 Å². The van der Waals surface area contributed by atoms with E-state index in [0.717, 1.165) is 5.56 Å². The molecule has 0 aliphatic carbocycles. The van der Waals surface area contributed by atoms with Gasteiger partial charge in [0, 0.05) is 23.4 Å². The fraction of sp³-hybridized carbons (Fsp3) is 0.136. The number of hydrogen-bond acceptors (Lipinski definition) is 4. The molecule has 3 aromatic carbocycles. The van der Waals surface area contributed by atoms with E-state index in [0.29, 0.717) is 11.3 Å². The number of carbonyl (C=O) groups is 1. The summed E-state index contributed by atoms with van der Waals surface area (Å²) in [6.45, 7) is 1.87. The zero-order valence-electron chi connectivity index (χ0n) is 16.5. The van der Waals surface area contributed by atoms with Crippen molar-refractivity contribution in [2.75, 3.05) is 11.8 Å². The van der Waals surface area contributed by atoms with Crippen LogP contribution in [0.3, 0.4) is 0 Å². The molecular weight excluding hydrogens is 407 g/mol. The zero-order chi connectivity index (χ0) is 21.7. The number of nitrogens with one attached hydrogen (secondary N) is 2.